The smallest absolute Gasteiger partial charge is 0.322 e. The third-order valence-corrected chi connectivity index (χ3v) is 4.88. The second-order valence-corrected chi connectivity index (χ2v) is 6.28. The fraction of sp³-hybridized carbons (Fsp3) is 0.786. The molecule has 0 spiro atoms. The molecule has 0 radical (unpaired) electrons. The lowest BCUT2D eigenvalue weighted by Gasteiger charge is -2.45. The molecule has 0 bridgehead atoms. The number of rotatable bonds is 5. The number of nitrogens with one attached hydrogen (secondary N) is 2. The van der Waals surface area contributed by atoms with Gasteiger partial charge in [0.15, 0.2) is 0 Å². The number of esters is 1. The van der Waals surface area contributed by atoms with E-state index in [1.54, 1.807) is 13.8 Å². The summed E-state index contributed by atoms with van der Waals surface area (Å²) in [6, 6.07) is -2.89. The normalized spacial score (nSPS) is 33.7. The largest absolute Gasteiger partial charge is 0.465 e. The molecule has 0 aromatic carbocycles. The number of carbonyl (C=O) groups is 3. The van der Waals surface area contributed by atoms with Crippen molar-refractivity contribution in [3.63, 3.8) is 0 Å². The van der Waals surface area contributed by atoms with Gasteiger partial charge in [0.25, 0.3) is 0 Å². The topological polar surface area (TPSA) is 154 Å². The van der Waals surface area contributed by atoms with Gasteiger partial charge in [-0.05, 0) is 19.3 Å². The van der Waals surface area contributed by atoms with Crippen LogP contribution >= 0.6 is 0 Å². The van der Waals surface area contributed by atoms with E-state index < -0.39 is 53.8 Å². The summed E-state index contributed by atoms with van der Waals surface area (Å²) in [6.45, 7) is 3.54. The summed E-state index contributed by atoms with van der Waals surface area (Å²) >= 11 is 0. The van der Waals surface area contributed by atoms with Gasteiger partial charge in [-0.1, -0.05) is 6.92 Å². The highest BCUT2D eigenvalue weighted by atomic mass is 16.6. The maximum Gasteiger partial charge on any atom is 0.322 e. The Balaban J connectivity index is 2.22. The van der Waals surface area contributed by atoms with Crippen molar-refractivity contribution in [3.8, 4) is 0 Å². The van der Waals surface area contributed by atoms with Crippen LogP contribution in [0, 0.1) is 22.0 Å². The lowest BCUT2D eigenvalue weighted by molar-refractivity contribution is -0.538. The molecule has 0 aromatic heterocycles. The van der Waals surface area contributed by atoms with E-state index in [4.69, 9.17) is 10.5 Å². The summed E-state index contributed by atoms with van der Waals surface area (Å²) in [6.07, 6.45) is 0.248. The van der Waals surface area contributed by atoms with Crippen molar-refractivity contribution in [2.45, 2.75) is 50.9 Å². The molecule has 4 N–H and O–H groups in total. The van der Waals surface area contributed by atoms with E-state index >= 15 is 0 Å². The fourth-order valence-corrected chi connectivity index (χ4v) is 3.62. The predicted molar refractivity (Wildman–Crippen MR) is 81.1 cm³/mol. The standard InChI is InChI=1S/C14H22N4O6/c1-3-24-14(21)8(15)4-7-6(2)10(18(22)23)5-9-11(7)17-13(20)12(19)16-9/h6-11H,3-5,15H2,1-2H3,(H,16,19)(H,17,20). The number of nitrogens with two attached hydrogens (primary N) is 1. The molecular formula is C14H22N4O6. The van der Waals surface area contributed by atoms with Crippen molar-refractivity contribution in [3.05, 3.63) is 10.1 Å². The van der Waals surface area contributed by atoms with Crippen LogP contribution < -0.4 is 16.4 Å². The maximum atomic E-state index is 11.8. The Labute approximate surface area is 138 Å². The number of nitro groups is 1. The summed E-state index contributed by atoms with van der Waals surface area (Å²) in [5.74, 6) is -3.02. The molecule has 1 aliphatic carbocycles. The molecule has 6 atom stereocenters. The second kappa shape index (κ2) is 7.12. The van der Waals surface area contributed by atoms with Crippen molar-refractivity contribution in [2.75, 3.05) is 6.61 Å². The van der Waals surface area contributed by atoms with E-state index in [1.165, 1.54) is 0 Å². The minimum Gasteiger partial charge on any atom is -0.465 e. The van der Waals surface area contributed by atoms with E-state index in [-0.39, 0.29) is 24.4 Å². The Bertz CT molecular complexity index is 553. The molecule has 6 unspecified atom stereocenters. The number of carbonyl (C=O) groups excluding carboxylic acids is 3. The number of hydrogen-bond donors (Lipinski definition) is 3. The third-order valence-electron chi connectivity index (χ3n) is 4.88. The Morgan fingerprint density at radius 1 is 1.42 bits per heavy atom. The molecule has 134 valence electrons. The molecule has 24 heavy (non-hydrogen) atoms. The first-order chi connectivity index (χ1) is 11.3. The van der Waals surface area contributed by atoms with Gasteiger partial charge in [-0.3, -0.25) is 24.5 Å². The first-order valence-electron chi connectivity index (χ1n) is 7.93. The molecular weight excluding hydrogens is 320 g/mol. The molecule has 1 saturated heterocycles. The number of piperazine rings is 1. The summed E-state index contributed by atoms with van der Waals surface area (Å²) in [4.78, 5) is 45.9. The molecule has 2 fully saturated rings. The van der Waals surface area contributed by atoms with Crippen LogP contribution in [0.25, 0.3) is 0 Å². The molecule has 2 aliphatic rings. The zero-order valence-corrected chi connectivity index (χ0v) is 13.6. The highest BCUT2D eigenvalue weighted by Gasteiger charge is 2.51. The monoisotopic (exact) mass is 342 g/mol. The van der Waals surface area contributed by atoms with E-state index in [0.717, 1.165) is 0 Å². The molecule has 1 heterocycles. The van der Waals surface area contributed by atoms with E-state index in [1.807, 2.05) is 0 Å². The van der Waals surface area contributed by atoms with Gasteiger partial charge in [0.2, 0.25) is 6.04 Å². The van der Waals surface area contributed by atoms with E-state index in [9.17, 15) is 24.5 Å². The number of ether oxygens (including phenoxy) is 1. The second-order valence-electron chi connectivity index (χ2n) is 6.28. The molecule has 10 nitrogen and oxygen atoms in total. The quantitative estimate of drug-likeness (QED) is 0.239. The fourth-order valence-electron chi connectivity index (χ4n) is 3.62. The van der Waals surface area contributed by atoms with Crippen LogP contribution in [0.1, 0.15) is 26.7 Å². The number of hydrogen-bond acceptors (Lipinski definition) is 7. The number of fused-ring (bicyclic) bond motifs is 1. The van der Waals surface area contributed by atoms with Crippen molar-refractivity contribution in [1.82, 2.24) is 10.6 Å². The lowest BCUT2D eigenvalue weighted by atomic mass is 9.68. The van der Waals surface area contributed by atoms with Crippen LogP contribution in [0.3, 0.4) is 0 Å². The third kappa shape index (κ3) is 3.48. The van der Waals surface area contributed by atoms with Gasteiger partial charge < -0.3 is 21.1 Å². The maximum absolute atomic E-state index is 11.8. The summed E-state index contributed by atoms with van der Waals surface area (Å²) in [7, 11) is 0. The van der Waals surface area contributed by atoms with Crippen LogP contribution in [0.15, 0.2) is 0 Å². The summed E-state index contributed by atoms with van der Waals surface area (Å²) < 4.78 is 4.87. The predicted octanol–water partition coefficient (Wildman–Crippen LogP) is -1.45. The zero-order valence-electron chi connectivity index (χ0n) is 13.6. The van der Waals surface area contributed by atoms with Gasteiger partial charge in [-0.25, -0.2) is 0 Å². The van der Waals surface area contributed by atoms with Gasteiger partial charge in [0.05, 0.1) is 18.7 Å². The molecule has 10 heteroatoms. The molecule has 1 aliphatic heterocycles. The lowest BCUT2D eigenvalue weighted by Crippen LogP contribution is -2.69. The van der Waals surface area contributed by atoms with Crippen LogP contribution in [0.2, 0.25) is 0 Å². The average Bonchev–Trinajstić information content (AvgIpc) is 2.51. The molecule has 2 amide bonds. The van der Waals surface area contributed by atoms with Crippen molar-refractivity contribution in [2.24, 2.45) is 17.6 Å². The Hall–Kier alpha value is -2.23. The Kier molecular flexibility index (Phi) is 5.37. The van der Waals surface area contributed by atoms with Crippen LogP contribution in [0.5, 0.6) is 0 Å². The Morgan fingerprint density at radius 2 is 2.04 bits per heavy atom. The minimum atomic E-state index is -0.946. The summed E-state index contributed by atoms with van der Waals surface area (Å²) in [5, 5.41) is 16.5. The van der Waals surface area contributed by atoms with Crippen LogP contribution in [-0.4, -0.2) is 53.5 Å². The van der Waals surface area contributed by atoms with Crippen molar-refractivity contribution in [1.29, 1.82) is 0 Å². The van der Waals surface area contributed by atoms with E-state index in [2.05, 4.69) is 10.6 Å². The number of amides is 2. The van der Waals surface area contributed by atoms with Gasteiger partial charge in [-0.15, -0.1) is 0 Å². The average molecular weight is 342 g/mol. The summed E-state index contributed by atoms with van der Waals surface area (Å²) in [5.41, 5.74) is 5.86. The van der Waals surface area contributed by atoms with E-state index in [0.29, 0.717) is 0 Å². The van der Waals surface area contributed by atoms with Crippen LogP contribution in [-0.2, 0) is 19.1 Å². The number of nitrogens with zero attached hydrogens (tertiary/aromatic N) is 1. The minimum absolute atomic E-state index is 0.121. The highest BCUT2D eigenvalue weighted by molar-refractivity contribution is 6.35. The first kappa shape index (κ1) is 18.1. The van der Waals surface area contributed by atoms with Gasteiger partial charge in [0.1, 0.15) is 6.04 Å². The van der Waals surface area contributed by atoms with Crippen molar-refractivity contribution < 1.29 is 24.0 Å². The molecule has 0 aromatic rings. The van der Waals surface area contributed by atoms with Gasteiger partial charge in [0, 0.05) is 17.3 Å². The zero-order chi connectivity index (χ0) is 18.0. The van der Waals surface area contributed by atoms with Crippen molar-refractivity contribution >= 4 is 17.8 Å². The molecule has 1 saturated carbocycles. The Morgan fingerprint density at radius 3 is 2.62 bits per heavy atom. The molecule has 2 rings (SSSR count). The first-order valence-corrected chi connectivity index (χ1v) is 7.93. The highest BCUT2D eigenvalue weighted by Crippen LogP contribution is 2.36. The SMILES string of the molecule is CCOC(=O)C(N)CC1C(C)C([N+](=O)[O-])CC2NC(=O)C(=O)NC21. The van der Waals surface area contributed by atoms with Crippen LogP contribution in [0.4, 0.5) is 0 Å². The van der Waals surface area contributed by atoms with Gasteiger partial charge >= 0.3 is 17.8 Å². The van der Waals surface area contributed by atoms with Gasteiger partial charge in [-0.2, -0.15) is 0 Å².